The largest absolute Gasteiger partial charge is 0.456 e. The lowest BCUT2D eigenvalue weighted by Crippen LogP contribution is -2.10. The van der Waals surface area contributed by atoms with Crippen molar-refractivity contribution in [2.45, 2.75) is 0 Å². The Bertz CT molecular complexity index is 3300. The number of nitrogens with zero attached hydrogens (tertiary/aromatic N) is 5. The minimum absolute atomic E-state index is 0.562. The van der Waals surface area contributed by atoms with Gasteiger partial charge in [0.1, 0.15) is 11.2 Å². The van der Waals surface area contributed by atoms with Gasteiger partial charge < -0.3 is 4.42 Å². The molecule has 57 heavy (non-hydrogen) atoms. The molecular weight excluding hydrogens is 699 g/mol. The van der Waals surface area contributed by atoms with E-state index in [-0.39, 0.29) is 0 Å². The summed E-state index contributed by atoms with van der Waals surface area (Å²) in [4.78, 5) is 15.8. The fourth-order valence-corrected chi connectivity index (χ4v) is 8.65. The molecule has 4 heterocycles. The minimum Gasteiger partial charge on any atom is -0.456 e. The molecule has 0 saturated heterocycles. The Balaban J connectivity index is 1.03. The smallest absolute Gasteiger partial charge is 0.240 e. The van der Waals surface area contributed by atoms with Gasteiger partial charge in [-0.2, -0.15) is 15.0 Å². The molecule has 12 rings (SSSR count). The van der Waals surface area contributed by atoms with E-state index >= 15 is 0 Å². The van der Waals surface area contributed by atoms with Gasteiger partial charge in [-0.15, -0.1) is 0 Å². The number of hydrogen-bond donors (Lipinski definition) is 0. The first-order valence-electron chi connectivity index (χ1n) is 19.1. The van der Waals surface area contributed by atoms with Crippen LogP contribution in [0.15, 0.2) is 192 Å². The molecule has 6 heteroatoms. The van der Waals surface area contributed by atoms with Crippen LogP contribution in [0.5, 0.6) is 0 Å². The molecule has 0 aliphatic rings. The summed E-state index contributed by atoms with van der Waals surface area (Å²) in [6, 6.07) is 65.6. The van der Waals surface area contributed by atoms with Gasteiger partial charge in [0.25, 0.3) is 0 Å². The zero-order valence-electron chi connectivity index (χ0n) is 30.5. The first-order valence-corrected chi connectivity index (χ1v) is 19.1. The molecular formula is C51H31N5O. The van der Waals surface area contributed by atoms with Crippen LogP contribution in [0.25, 0.3) is 111 Å². The lowest BCUT2D eigenvalue weighted by Gasteiger charge is -2.13. The molecule has 8 aromatic carbocycles. The standard InChI is InChI=1S/C51H31N5O/c1-6-21-42-37(15-1)38-16-2-7-22-43(38)55(42)50-52-49(53-51(54-50)56-44-23-8-3-17-39(44)40-18-4-9-24-45(40)56)33-29-27-32(28-30-33)34-13-11-14-35(31-34)36-20-12-26-47-48(36)41-19-5-10-25-46(41)57-47/h1-31H. The van der Waals surface area contributed by atoms with E-state index in [0.717, 1.165) is 93.4 Å². The van der Waals surface area contributed by atoms with Crippen molar-refractivity contribution in [2.24, 2.45) is 0 Å². The molecule has 0 aliphatic carbocycles. The maximum atomic E-state index is 6.21. The van der Waals surface area contributed by atoms with Crippen LogP contribution in [-0.4, -0.2) is 24.1 Å². The lowest BCUT2D eigenvalue weighted by molar-refractivity contribution is 0.669. The van der Waals surface area contributed by atoms with Crippen molar-refractivity contribution in [3.8, 4) is 45.5 Å². The van der Waals surface area contributed by atoms with E-state index in [1.165, 1.54) is 0 Å². The van der Waals surface area contributed by atoms with Crippen LogP contribution in [0.3, 0.4) is 0 Å². The summed E-state index contributed by atoms with van der Waals surface area (Å²) in [7, 11) is 0. The molecule has 6 nitrogen and oxygen atoms in total. The molecule has 0 spiro atoms. The summed E-state index contributed by atoms with van der Waals surface area (Å²) in [6.45, 7) is 0. The van der Waals surface area contributed by atoms with Crippen LogP contribution in [0.4, 0.5) is 0 Å². The van der Waals surface area contributed by atoms with E-state index in [1.807, 2.05) is 18.2 Å². The van der Waals surface area contributed by atoms with Crippen molar-refractivity contribution < 1.29 is 4.42 Å². The Morgan fingerprint density at radius 2 is 0.789 bits per heavy atom. The van der Waals surface area contributed by atoms with Crippen molar-refractivity contribution in [1.29, 1.82) is 0 Å². The van der Waals surface area contributed by atoms with Gasteiger partial charge in [0, 0.05) is 37.9 Å². The molecule has 0 unspecified atom stereocenters. The van der Waals surface area contributed by atoms with E-state index in [0.29, 0.717) is 17.7 Å². The third kappa shape index (κ3) is 4.87. The summed E-state index contributed by atoms with van der Waals surface area (Å²) in [6.07, 6.45) is 0. The first kappa shape index (κ1) is 31.5. The minimum atomic E-state index is 0.562. The van der Waals surface area contributed by atoms with Crippen molar-refractivity contribution in [3.63, 3.8) is 0 Å². The van der Waals surface area contributed by atoms with Crippen LogP contribution < -0.4 is 0 Å². The van der Waals surface area contributed by atoms with Crippen LogP contribution in [-0.2, 0) is 0 Å². The summed E-state index contributed by atoms with van der Waals surface area (Å²) < 4.78 is 10.5. The SMILES string of the molecule is c1cc(-c2ccc(-c3nc(-n4c5ccccc5c5ccccc54)nc(-n4c5ccccc5c5ccccc54)n3)cc2)cc(-c2cccc3oc4ccccc4c23)c1. The van der Waals surface area contributed by atoms with Gasteiger partial charge in [-0.1, -0.05) is 146 Å². The monoisotopic (exact) mass is 729 g/mol. The Kier molecular flexibility index (Phi) is 6.83. The number of fused-ring (bicyclic) bond motifs is 9. The second kappa shape index (κ2) is 12.3. The first-order chi connectivity index (χ1) is 28.3. The number of aromatic nitrogens is 5. The fraction of sp³-hybridized carbons (Fsp3) is 0. The normalized spacial score (nSPS) is 11.9. The van der Waals surface area contributed by atoms with Gasteiger partial charge in [0.2, 0.25) is 11.9 Å². The average Bonchev–Trinajstić information content (AvgIpc) is 3.94. The van der Waals surface area contributed by atoms with Crippen LogP contribution in [0.1, 0.15) is 0 Å². The molecule has 0 aliphatic heterocycles. The highest BCUT2D eigenvalue weighted by Gasteiger charge is 2.20. The summed E-state index contributed by atoms with van der Waals surface area (Å²) >= 11 is 0. The molecule has 0 N–H and O–H groups in total. The Morgan fingerprint density at radius 3 is 1.37 bits per heavy atom. The Morgan fingerprint density at radius 1 is 0.333 bits per heavy atom. The zero-order valence-corrected chi connectivity index (χ0v) is 30.5. The maximum Gasteiger partial charge on any atom is 0.240 e. The highest BCUT2D eigenvalue weighted by molar-refractivity contribution is 6.13. The highest BCUT2D eigenvalue weighted by Crippen LogP contribution is 2.39. The van der Waals surface area contributed by atoms with Crippen LogP contribution in [0.2, 0.25) is 0 Å². The molecule has 266 valence electrons. The van der Waals surface area contributed by atoms with Gasteiger partial charge in [0.05, 0.1) is 22.1 Å². The molecule has 0 bridgehead atoms. The number of rotatable bonds is 5. The van der Waals surface area contributed by atoms with Crippen molar-refractivity contribution >= 4 is 65.6 Å². The number of benzene rings is 8. The topological polar surface area (TPSA) is 61.7 Å². The van der Waals surface area contributed by atoms with Crippen LogP contribution >= 0.6 is 0 Å². The average molecular weight is 730 g/mol. The molecule has 0 atom stereocenters. The Labute approximate surface area is 326 Å². The number of furan rings is 1. The van der Waals surface area contributed by atoms with Crippen molar-refractivity contribution in [2.75, 3.05) is 0 Å². The molecule has 0 fully saturated rings. The van der Waals surface area contributed by atoms with Crippen molar-refractivity contribution in [3.05, 3.63) is 188 Å². The molecule has 4 aromatic heterocycles. The molecule has 0 radical (unpaired) electrons. The van der Waals surface area contributed by atoms with Crippen LogP contribution in [0, 0.1) is 0 Å². The van der Waals surface area contributed by atoms with E-state index in [2.05, 4.69) is 179 Å². The van der Waals surface area contributed by atoms with E-state index in [1.54, 1.807) is 0 Å². The molecule has 0 amide bonds. The second-order valence-electron chi connectivity index (χ2n) is 14.4. The van der Waals surface area contributed by atoms with Gasteiger partial charge in [0.15, 0.2) is 5.82 Å². The highest BCUT2D eigenvalue weighted by atomic mass is 16.3. The van der Waals surface area contributed by atoms with Gasteiger partial charge in [-0.05, 0) is 64.7 Å². The third-order valence-corrected chi connectivity index (χ3v) is 11.2. The number of hydrogen-bond acceptors (Lipinski definition) is 4. The quantitative estimate of drug-likeness (QED) is 0.177. The summed E-state index contributed by atoms with van der Waals surface area (Å²) in [5.41, 5.74) is 11.4. The van der Waals surface area contributed by atoms with E-state index < -0.39 is 0 Å². The van der Waals surface area contributed by atoms with Gasteiger partial charge in [-0.25, -0.2) is 0 Å². The van der Waals surface area contributed by atoms with E-state index in [4.69, 9.17) is 19.4 Å². The predicted octanol–water partition coefficient (Wildman–Crippen LogP) is 13.0. The number of para-hydroxylation sites is 5. The summed E-state index contributed by atoms with van der Waals surface area (Å²) in [5, 5.41) is 6.85. The fourth-order valence-electron chi connectivity index (χ4n) is 8.65. The van der Waals surface area contributed by atoms with Crippen molar-refractivity contribution in [1.82, 2.24) is 24.1 Å². The Hall–Kier alpha value is -7.83. The molecule has 12 aromatic rings. The third-order valence-electron chi connectivity index (χ3n) is 11.2. The van der Waals surface area contributed by atoms with Gasteiger partial charge in [-0.3, -0.25) is 9.13 Å². The second-order valence-corrected chi connectivity index (χ2v) is 14.4. The van der Waals surface area contributed by atoms with Gasteiger partial charge >= 0.3 is 0 Å². The lowest BCUT2D eigenvalue weighted by atomic mass is 9.95. The predicted molar refractivity (Wildman–Crippen MR) is 232 cm³/mol. The molecule has 0 saturated carbocycles. The zero-order chi connectivity index (χ0) is 37.5. The summed E-state index contributed by atoms with van der Waals surface area (Å²) in [5.74, 6) is 1.72. The van der Waals surface area contributed by atoms with E-state index in [9.17, 15) is 0 Å². The maximum absolute atomic E-state index is 6.21.